The summed E-state index contributed by atoms with van der Waals surface area (Å²) in [5.74, 6) is -1.34. The summed E-state index contributed by atoms with van der Waals surface area (Å²) in [6.45, 7) is 8.04. The number of urea groups is 1. The van der Waals surface area contributed by atoms with Crippen LogP contribution in [0.3, 0.4) is 0 Å². The molecule has 14 heteroatoms. The van der Waals surface area contributed by atoms with E-state index in [9.17, 15) is 28.3 Å². The van der Waals surface area contributed by atoms with E-state index >= 15 is 0 Å². The lowest BCUT2D eigenvalue weighted by atomic mass is 9.93. The van der Waals surface area contributed by atoms with Crippen molar-refractivity contribution < 1.29 is 33.0 Å². The number of aliphatic hydroxyl groups excluding tert-OH is 1. The van der Waals surface area contributed by atoms with Crippen molar-refractivity contribution in [2.24, 2.45) is 5.92 Å². The van der Waals surface area contributed by atoms with Crippen molar-refractivity contribution in [1.82, 2.24) is 25.8 Å². The number of nitrogens with zero attached hydrogens (tertiary/aromatic N) is 2. The average Bonchev–Trinajstić information content (AvgIpc) is 3.80. The second-order valence-corrected chi connectivity index (χ2v) is 15.4. The van der Waals surface area contributed by atoms with Gasteiger partial charge in [-0.2, -0.15) is 0 Å². The van der Waals surface area contributed by atoms with Crippen molar-refractivity contribution >= 4 is 40.7 Å². The van der Waals surface area contributed by atoms with Gasteiger partial charge < -0.3 is 30.7 Å². The maximum absolute atomic E-state index is 13.9. The van der Waals surface area contributed by atoms with Crippen LogP contribution in [0, 0.1) is 17.6 Å². The van der Waals surface area contributed by atoms with E-state index in [0.717, 1.165) is 15.6 Å². The summed E-state index contributed by atoms with van der Waals surface area (Å²) in [6.07, 6.45) is -1.63. The number of rotatable bonds is 17. The number of hydrogen-bond donors (Lipinski definition) is 4. The van der Waals surface area contributed by atoms with Gasteiger partial charge in [0.1, 0.15) is 24.3 Å². The number of carbonyl (C=O) groups excluding carboxylic acids is 3. The second-order valence-electron chi connectivity index (χ2n) is 13.4. The summed E-state index contributed by atoms with van der Waals surface area (Å²) in [5, 5.41) is 25.0. The van der Waals surface area contributed by atoms with E-state index in [4.69, 9.17) is 4.74 Å². The maximum atomic E-state index is 13.9. The van der Waals surface area contributed by atoms with Gasteiger partial charge in [-0.25, -0.2) is 23.4 Å². The Balaban J connectivity index is 1.49. The predicted octanol–water partition coefficient (Wildman–Crippen LogP) is 6.79. The maximum Gasteiger partial charge on any atom is 0.407 e. The normalized spacial score (nSPS) is 13.7. The number of nitrogens with one attached hydrogen (secondary N) is 3. The Bertz CT molecular complexity index is 1720. The van der Waals surface area contributed by atoms with Gasteiger partial charge in [0.15, 0.2) is 0 Å². The van der Waals surface area contributed by atoms with Gasteiger partial charge in [-0.1, -0.05) is 58.0 Å². The number of aliphatic hydroxyl groups is 1. The third kappa shape index (κ3) is 12.7. The van der Waals surface area contributed by atoms with Crippen LogP contribution in [0.4, 0.5) is 18.4 Å². The SMILES string of the molecule is CC(C)c1nc(CN(C)C(=O)N[C@H](C(=O)N[C@@H](Cc2ccc(F)cc2)C[C@H](O)[C@H](Cc2ccc(F)cc2)NC(=O)OCc2cccs2)C(C)C)cs1. The minimum Gasteiger partial charge on any atom is -0.444 e. The zero-order chi connectivity index (χ0) is 37.8. The number of amides is 4. The van der Waals surface area contributed by atoms with Gasteiger partial charge in [0.2, 0.25) is 5.91 Å². The van der Waals surface area contributed by atoms with Crippen LogP contribution in [0.2, 0.25) is 0 Å². The number of hydrogen-bond acceptors (Lipinski definition) is 8. The molecule has 52 heavy (non-hydrogen) atoms. The molecule has 0 bridgehead atoms. The second kappa shape index (κ2) is 19.4. The van der Waals surface area contributed by atoms with Crippen molar-refractivity contribution in [3.8, 4) is 0 Å². The molecule has 4 aromatic rings. The monoisotopic (exact) mass is 755 g/mol. The minimum absolute atomic E-state index is 0.0269. The molecular weight excluding hydrogens is 709 g/mol. The Labute approximate surface area is 311 Å². The lowest BCUT2D eigenvalue weighted by Gasteiger charge is -2.30. The summed E-state index contributed by atoms with van der Waals surface area (Å²) < 4.78 is 32.9. The highest BCUT2D eigenvalue weighted by molar-refractivity contribution is 7.10. The first-order chi connectivity index (χ1) is 24.8. The molecule has 4 amide bonds. The summed E-state index contributed by atoms with van der Waals surface area (Å²) >= 11 is 2.97. The Morgan fingerprint density at radius 1 is 0.885 bits per heavy atom. The largest absolute Gasteiger partial charge is 0.444 e. The van der Waals surface area contributed by atoms with Gasteiger partial charge in [-0.05, 0) is 72.0 Å². The lowest BCUT2D eigenvalue weighted by Crippen LogP contribution is -2.55. The number of halogens is 2. The average molecular weight is 756 g/mol. The highest BCUT2D eigenvalue weighted by Gasteiger charge is 2.31. The number of thiazole rings is 1. The number of benzene rings is 2. The Hall–Kier alpha value is -4.40. The first-order valence-electron chi connectivity index (χ1n) is 17.2. The number of thiophene rings is 1. The standard InChI is InChI=1S/C38H47F2N5O5S2/c1-23(2)34(44-37(48)45(5)20-30-22-52-36(42-30)24(3)4)35(47)41-29(17-25-8-12-27(39)13-9-25)19-33(46)32(18-26-10-14-28(40)15-11-26)43-38(49)50-21-31-7-6-16-51-31/h6-16,22-24,29,32-34,46H,17-21H2,1-5H3,(H,41,47)(H,43,49)(H,44,48)/t29-,32-,33-,34-/m0/s1. The summed E-state index contributed by atoms with van der Waals surface area (Å²) in [5.41, 5.74) is 2.11. The van der Waals surface area contributed by atoms with Crippen LogP contribution in [-0.4, -0.2) is 64.3 Å². The zero-order valence-corrected chi connectivity index (χ0v) is 31.6. The molecule has 4 rings (SSSR count). The van der Waals surface area contributed by atoms with E-state index in [1.807, 2.05) is 36.7 Å². The Kier molecular flexibility index (Phi) is 15.1. The molecule has 4 N–H and O–H groups in total. The van der Waals surface area contributed by atoms with Crippen molar-refractivity contribution in [2.75, 3.05) is 7.05 Å². The van der Waals surface area contributed by atoms with Crippen LogP contribution < -0.4 is 16.0 Å². The molecule has 2 heterocycles. The lowest BCUT2D eigenvalue weighted by molar-refractivity contribution is -0.124. The molecule has 280 valence electrons. The zero-order valence-electron chi connectivity index (χ0n) is 30.0. The molecule has 0 saturated heterocycles. The minimum atomic E-state index is -1.21. The van der Waals surface area contributed by atoms with Crippen LogP contribution in [0.15, 0.2) is 71.4 Å². The van der Waals surface area contributed by atoms with E-state index < -0.39 is 53.9 Å². The Morgan fingerprint density at radius 2 is 1.52 bits per heavy atom. The fourth-order valence-electron chi connectivity index (χ4n) is 5.48. The fourth-order valence-corrected chi connectivity index (χ4v) is 6.92. The van der Waals surface area contributed by atoms with Gasteiger partial charge in [-0.15, -0.1) is 22.7 Å². The molecule has 0 unspecified atom stereocenters. The van der Waals surface area contributed by atoms with Crippen molar-refractivity contribution in [2.45, 2.75) is 90.3 Å². The summed E-state index contributed by atoms with van der Waals surface area (Å²) in [6, 6.07) is 12.2. The number of ether oxygens (including phenoxy) is 1. The highest BCUT2D eigenvalue weighted by atomic mass is 32.1. The molecule has 2 aromatic heterocycles. The van der Waals surface area contributed by atoms with Crippen molar-refractivity contribution in [3.05, 3.63) is 110 Å². The molecule has 0 saturated carbocycles. The molecule has 0 radical (unpaired) electrons. The smallest absolute Gasteiger partial charge is 0.407 e. The fraction of sp³-hybridized carbons (Fsp3) is 0.421. The third-order valence-corrected chi connectivity index (χ3v) is 10.4. The van der Waals surface area contributed by atoms with Crippen molar-refractivity contribution in [3.63, 3.8) is 0 Å². The van der Waals surface area contributed by atoms with Gasteiger partial charge in [0.05, 0.1) is 29.4 Å². The highest BCUT2D eigenvalue weighted by Crippen LogP contribution is 2.20. The molecule has 0 aliphatic carbocycles. The first-order valence-corrected chi connectivity index (χ1v) is 18.9. The van der Waals surface area contributed by atoms with Gasteiger partial charge in [0.25, 0.3) is 0 Å². The summed E-state index contributed by atoms with van der Waals surface area (Å²) in [7, 11) is 1.63. The summed E-state index contributed by atoms with van der Waals surface area (Å²) in [4.78, 5) is 46.9. The number of aromatic nitrogens is 1. The van der Waals surface area contributed by atoms with E-state index in [2.05, 4.69) is 34.8 Å². The third-order valence-electron chi connectivity index (χ3n) is 8.37. The van der Waals surface area contributed by atoms with Crippen LogP contribution in [0.5, 0.6) is 0 Å². The number of carbonyl (C=O) groups is 3. The van der Waals surface area contributed by atoms with E-state index in [1.54, 1.807) is 31.3 Å². The molecule has 0 spiro atoms. The number of alkyl carbamates (subject to hydrolysis) is 1. The molecule has 0 aliphatic heterocycles. The topological polar surface area (TPSA) is 133 Å². The van der Waals surface area contributed by atoms with Crippen LogP contribution in [-0.2, 0) is 35.5 Å². The molecule has 0 fully saturated rings. The predicted molar refractivity (Wildman–Crippen MR) is 199 cm³/mol. The quantitative estimate of drug-likeness (QED) is 0.0939. The van der Waals surface area contributed by atoms with Crippen molar-refractivity contribution in [1.29, 1.82) is 0 Å². The van der Waals surface area contributed by atoms with E-state index in [0.29, 0.717) is 11.1 Å². The van der Waals surface area contributed by atoms with E-state index in [1.165, 1.54) is 51.8 Å². The van der Waals surface area contributed by atoms with Gasteiger partial charge in [-0.3, -0.25) is 4.79 Å². The molecule has 0 aliphatic rings. The molecule has 10 nitrogen and oxygen atoms in total. The van der Waals surface area contributed by atoms with Crippen LogP contribution in [0.1, 0.15) is 66.7 Å². The Morgan fingerprint density at radius 3 is 2.08 bits per heavy atom. The molecule has 2 aromatic carbocycles. The van der Waals surface area contributed by atoms with Gasteiger partial charge in [0, 0.05) is 29.3 Å². The molecular formula is C38H47F2N5O5S2. The van der Waals surface area contributed by atoms with Crippen LogP contribution >= 0.6 is 22.7 Å². The van der Waals surface area contributed by atoms with Gasteiger partial charge >= 0.3 is 12.1 Å². The molecule has 4 atom stereocenters. The van der Waals surface area contributed by atoms with E-state index in [-0.39, 0.29) is 44.2 Å². The first kappa shape index (κ1) is 40.4. The van der Waals surface area contributed by atoms with Crippen LogP contribution in [0.25, 0.3) is 0 Å².